The van der Waals surface area contributed by atoms with E-state index in [1.807, 2.05) is 8.93 Å². The molecule has 1 atom stereocenters. The molecular formula is C15H24BrIS. The van der Waals surface area contributed by atoms with E-state index in [1.54, 1.807) is 11.1 Å². The predicted molar refractivity (Wildman–Crippen MR) is 97.9 cm³/mol. The van der Waals surface area contributed by atoms with Gasteiger partial charge in [0.05, 0.1) is 0 Å². The molecule has 0 N–H and O–H groups in total. The summed E-state index contributed by atoms with van der Waals surface area (Å²) in [6, 6.07) is 0. The fraction of sp³-hybridized carbons (Fsp3) is 0.733. The molecule has 0 aromatic carbocycles. The maximum Gasteiger partial charge on any atom is 0.0401 e. The Morgan fingerprint density at radius 3 is 2.72 bits per heavy atom. The van der Waals surface area contributed by atoms with Crippen molar-refractivity contribution >= 4 is 46.1 Å². The van der Waals surface area contributed by atoms with Crippen molar-refractivity contribution in [3.05, 3.63) is 22.8 Å². The zero-order valence-corrected chi connectivity index (χ0v) is 16.4. The Morgan fingerprint density at radius 1 is 1.56 bits per heavy atom. The van der Waals surface area contributed by atoms with E-state index in [1.165, 1.54) is 31.3 Å². The van der Waals surface area contributed by atoms with Crippen LogP contribution in [0.1, 0.15) is 53.4 Å². The highest BCUT2D eigenvalue weighted by Gasteiger charge is 2.33. The van der Waals surface area contributed by atoms with Crippen LogP contribution >= 0.6 is 46.1 Å². The van der Waals surface area contributed by atoms with Crippen LogP contribution in [0.5, 0.6) is 0 Å². The Morgan fingerprint density at radius 2 is 2.22 bits per heavy atom. The summed E-state index contributed by atoms with van der Waals surface area (Å²) in [6.07, 6.45) is 7.49. The zero-order chi connectivity index (χ0) is 13.8. The average Bonchev–Trinajstić information content (AvgIpc) is 2.26. The fourth-order valence-corrected chi connectivity index (χ4v) is 5.83. The van der Waals surface area contributed by atoms with Crippen molar-refractivity contribution in [3.8, 4) is 0 Å². The molecule has 0 saturated carbocycles. The minimum absolute atomic E-state index is 0.389. The molecule has 0 aromatic rings. The molecule has 0 amide bonds. The highest BCUT2D eigenvalue weighted by atomic mass is 127. The smallest absolute Gasteiger partial charge is 0.0401 e. The normalized spacial score (nSPS) is 22.2. The molecule has 0 bridgehead atoms. The Labute approximate surface area is 137 Å². The van der Waals surface area contributed by atoms with Gasteiger partial charge in [-0.1, -0.05) is 61.5 Å². The molecule has 0 aromatic heterocycles. The zero-order valence-electron chi connectivity index (χ0n) is 11.9. The first-order chi connectivity index (χ1) is 8.42. The van der Waals surface area contributed by atoms with Gasteiger partial charge in [0.25, 0.3) is 0 Å². The molecule has 0 heterocycles. The summed E-state index contributed by atoms with van der Waals surface area (Å²) in [7, 11) is 1.99. The standard InChI is InChI=1S/C15H24BrIS/c1-11(7-9-16)10-13(18-17)14-12(2)6-5-8-15(14,3)4/h7,13H,5-6,8-10H2,1-4H3/b11-7+. The first-order valence-corrected chi connectivity index (χ1v) is 11.2. The van der Waals surface area contributed by atoms with Gasteiger partial charge in [-0.15, -0.1) is 0 Å². The number of hydrogen-bond acceptors (Lipinski definition) is 1. The van der Waals surface area contributed by atoms with Gasteiger partial charge >= 0.3 is 0 Å². The minimum atomic E-state index is 0.389. The Balaban J connectivity index is 2.96. The molecule has 0 saturated heterocycles. The van der Waals surface area contributed by atoms with Gasteiger partial charge in [0.15, 0.2) is 0 Å². The van der Waals surface area contributed by atoms with Gasteiger partial charge in [-0.2, -0.15) is 0 Å². The molecule has 18 heavy (non-hydrogen) atoms. The van der Waals surface area contributed by atoms with Gasteiger partial charge in [-0.3, -0.25) is 0 Å². The van der Waals surface area contributed by atoms with Crippen molar-refractivity contribution in [2.75, 3.05) is 5.33 Å². The molecule has 0 fully saturated rings. The van der Waals surface area contributed by atoms with Crippen molar-refractivity contribution in [1.29, 1.82) is 0 Å². The van der Waals surface area contributed by atoms with Gasteiger partial charge in [0, 0.05) is 10.6 Å². The van der Waals surface area contributed by atoms with Gasteiger partial charge in [-0.25, -0.2) is 0 Å². The summed E-state index contributed by atoms with van der Waals surface area (Å²) in [5.41, 5.74) is 5.25. The number of allylic oxidation sites excluding steroid dienone is 3. The second-order valence-corrected chi connectivity index (χ2v) is 8.84. The van der Waals surface area contributed by atoms with E-state index in [-0.39, 0.29) is 0 Å². The lowest BCUT2D eigenvalue weighted by molar-refractivity contribution is 0.357. The largest absolute Gasteiger partial charge is 0.0883 e. The summed E-state index contributed by atoms with van der Waals surface area (Å²) in [5.74, 6) is 0. The maximum absolute atomic E-state index is 3.50. The van der Waals surface area contributed by atoms with Crippen LogP contribution in [0.4, 0.5) is 0 Å². The second-order valence-electron chi connectivity index (χ2n) is 5.92. The molecule has 1 rings (SSSR count). The highest BCUT2D eigenvalue weighted by molar-refractivity contribution is 14.2. The topological polar surface area (TPSA) is 0 Å². The van der Waals surface area contributed by atoms with Gasteiger partial charge in [-0.05, 0) is 66.2 Å². The van der Waals surface area contributed by atoms with Crippen LogP contribution in [0.25, 0.3) is 0 Å². The fourth-order valence-electron chi connectivity index (χ4n) is 3.04. The molecule has 0 aliphatic heterocycles. The van der Waals surface area contributed by atoms with Crippen LogP contribution in [0.2, 0.25) is 0 Å². The lowest BCUT2D eigenvalue weighted by Gasteiger charge is -2.38. The van der Waals surface area contributed by atoms with Crippen molar-refractivity contribution in [2.24, 2.45) is 5.41 Å². The van der Waals surface area contributed by atoms with Crippen LogP contribution in [-0.2, 0) is 0 Å². The Hall–Kier alpha value is 1.04. The number of rotatable bonds is 5. The van der Waals surface area contributed by atoms with E-state index in [2.05, 4.69) is 70.9 Å². The Kier molecular flexibility index (Phi) is 7.34. The molecule has 1 aliphatic rings. The van der Waals surface area contributed by atoms with Crippen molar-refractivity contribution in [1.82, 2.24) is 0 Å². The van der Waals surface area contributed by atoms with Crippen molar-refractivity contribution in [3.63, 3.8) is 0 Å². The summed E-state index contributed by atoms with van der Waals surface area (Å²) in [4.78, 5) is 0. The van der Waals surface area contributed by atoms with E-state index in [4.69, 9.17) is 0 Å². The average molecular weight is 443 g/mol. The monoisotopic (exact) mass is 442 g/mol. The van der Waals surface area contributed by atoms with Crippen LogP contribution in [0.3, 0.4) is 0 Å². The minimum Gasteiger partial charge on any atom is -0.0883 e. The van der Waals surface area contributed by atoms with E-state index in [9.17, 15) is 0 Å². The summed E-state index contributed by atoms with van der Waals surface area (Å²) in [5, 5.41) is 1.62. The van der Waals surface area contributed by atoms with Crippen LogP contribution in [0.15, 0.2) is 22.8 Å². The van der Waals surface area contributed by atoms with E-state index in [0.29, 0.717) is 10.7 Å². The second kappa shape index (κ2) is 7.72. The highest BCUT2D eigenvalue weighted by Crippen LogP contribution is 2.47. The summed E-state index contributed by atoms with van der Waals surface area (Å²) in [6.45, 7) is 9.45. The van der Waals surface area contributed by atoms with Gasteiger partial charge in [0.2, 0.25) is 0 Å². The predicted octanol–water partition coefficient (Wildman–Crippen LogP) is 6.70. The summed E-state index contributed by atoms with van der Waals surface area (Å²) >= 11 is 5.98. The van der Waals surface area contributed by atoms with Crippen molar-refractivity contribution < 1.29 is 0 Å². The third-order valence-electron chi connectivity index (χ3n) is 3.90. The van der Waals surface area contributed by atoms with Crippen LogP contribution < -0.4 is 0 Å². The van der Waals surface area contributed by atoms with E-state index < -0.39 is 0 Å². The number of alkyl halides is 1. The van der Waals surface area contributed by atoms with Gasteiger partial charge in [0.1, 0.15) is 0 Å². The molecular weight excluding hydrogens is 419 g/mol. The molecule has 0 radical (unpaired) electrons. The van der Waals surface area contributed by atoms with E-state index in [0.717, 1.165) is 5.33 Å². The van der Waals surface area contributed by atoms with Gasteiger partial charge < -0.3 is 0 Å². The SMILES string of the molecule is CC1=C(C(C/C(C)=C/CBr)SI)C(C)(C)CCC1. The molecule has 0 nitrogen and oxygen atoms in total. The number of hydrogen-bond donors (Lipinski definition) is 0. The molecule has 3 heteroatoms. The molecule has 0 spiro atoms. The molecule has 1 aliphatic carbocycles. The maximum atomic E-state index is 3.50. The van der Waals surface area contributed by atoms with Crippen molar-refractivity contribution in [2.45, 2.75) is 58.6 Å². The lowest BCUT2D eigenvalue weighted by atomic mass is 9.71. The first kappa shape index (κ1) is 17.1. The summed E-state index contributed by atoms with van der Waals surface area (Å²) < 4.78 is 0. The third-order valence-corrected chi connectivity index (χ3v) is 6.69. The molecule has 104 valence electrons. The number of halogens is 2. The molecule has 1 unspecified atom stereocenters. The third kappa shape index (κ3) is 4.55. The van der Waals surface area contributed by atoms with Crippen LogP contribution in [0, 0.1) is 5.41 Å². The quantitative estimate of drug-likeness (QED) is 0.259. The lowest BCUT2D eigenvalue weighted by Crippen LogP contribution is -2.27. The van der Waals surface area contributed by atoms with E-state index >= 15 is 0 Å². The first-order valence-electron chi connectivity index (χ1n) is 6.61. The Bertz CT molecular complexity index is 344. The van der Waals surface area contributed by atoms with Crippen LogP contribution in [-0.4, -0.2) is 10.6 Å².